The quantitative estimate of drug-likeness (QED) is 0.644. The van der Waals surface area contributed by atoms with E-state index in [1.165, 1.54) is 6.07 Å². The van der Waals surface area contributed by atoms with Gasteiger partial charge in [0.2, 0.25) is 5.75 Å². The summed E-state index contributed by atoms with van der Waals surface area (Å²) in [5.41, 5.74) is 5.43. The van der Waals surface area contributed by atoms with Crippen LogP contribution in [0.5, 0.6) is 17.2 Å². The molecule has 1 rings (SSSR count). The lowest BCUT2D eigenvalue weighted by molar-refractivity contribution is -0.136. The number of benzene rings is 1. The van der Waals surface area contributed by atoms with E-state index >= 15 is 0 Å². The van der Waals surface area contributed by atoms with Crippen LogP contribution in [0.4, 0.5) is 13.2 Å². The minimum atomic E-state index is -4.33. The van der Waals surface area contributed by atoms with Crippen LogP contribution in [0.15, 0.2) is 12.1 Å². The first-order valence-corrected chi connectivity index (χ1v) is 4.78. The van der Waals surface area contributed by atoms with E-state index < -0.39 is 42.3 Å². The molecule has 5 N–H and O–H groups in total. The van der Waals surface area contributed by atoms with Gasteiger partial charge < -0.3 is 21.1 Å². The smallest absolute Gasteiger partial charge is 0.389 e. The lowest BCUT2D eigenvalue weighted by Gasteiger charge is -2.15. The van der Waals surface area contributed by atoms with Crippen LogP contribution in [0.3, 0.4) is 0 Å². The number of hydrogen-bond donors (Lipinski definition) is 4. The summed E-state index contributed by atoms with van der Waals surface area (Å²) in [6.07, 6.45) is -5.83. The molecule has 104 valence electrons. The summed E-state index contributed by atoms with van der Waals surface area (Å²) in [7, 11) is 0. The summed E-state index contributed by atoms with van der Waals surface area (Å²) in [6.45, 7) is 0. The zero-order valence-corrected chi connectivity index (χ0v) is 9.92. The average molecular weight is 288 g/mol. The highest BCUT2D eigenvalue weighted by molar-refractivity contribution is 5.85. The number of phenols is 3. The maximum absolute atomic E-state index is 12.0. The van der Waals surface area contributed by atoms with Crippen molar-refractivity contribution in [2.45, 2.75) is 25.1 Å². The van der Waals surface area contributed by atoms with Crippen LogP contribution in [0.25, 0.3) is 0 Å². The van der Waals surface area contributed by atoms with Crippen LogP contribution in [-0.4, -0.2) is 21.5 Å². The van der Waals surface area contributed by atoms with Gasteiger partial charge in [-0.25, -0.2) is 0 Å². The van der Waals surface area contributed by atoms with Gasteiger partial charge >= 0.3 is 6.18 Å². The second kappa shape index (κ2) is 6.01. The standard InChI is InChI=1S/C10H12F3NO3.ClH/c11-10(12,13)4-3-6(14)5-1-2-7(15)9(17)8(5)16;/h1-2,6,15-17H,3-4,14H2;1H/t6-;/m1./s1. The van der Waals surface area contributed by atoms with Crippen LogP contribution in [0.2, 0.25) is 0 Å². The Kier molecular flexibility index (Phi) is 5.56. The van der Waals surface area contributed by atoms with E-state index in [9.17, 15) is 23.4 Å². The molecule has 0 aliphatic heterocycles. The van der Waals surface area contributed by atoms with Gasteiger partial charge in [0, 0.05) is 18.0 Å². The summed E-state index contributed by atoms with van der Waals surface area (Å²) in [4.78, 5) is 0. The Labute approximate surface area is 107 Å². The Bertz CT molecular complexity index is 412. The number of nitrogens with two attached hydrogens (primary N) is 1. The fraction of sp³-hybridized carbons (Fsp3) is 0.400. The van der Waals surface area contributed by atoms with Gasteiger partial charge in [-0.1, -0.05) is 0 Å². The van der Waals surface area contributed by atoms with Crippen molar-refractivity contribution in [1.29, 1.82) is 0 Å². The Morgan fingerprint density at radius 1 is 1.11 bits per heavy atom. The zero-order chi connectivity index (χ0) is 13.2. The Hall–Kier alpha value is -1.34. The van der Waals surface area contributed by atoms with Crippen LogP contribution in [0, 0.1) is 0 Å². The molecule has 0 unspecified atom stereocenters. The van der Waals surface area contributed by atoms with Gasteiger partial charge in [0.15, 0.2) is 11.5 Å². The van der Waals surface area contributed by atoms with Gasteiger partial charge in [-0.15, -0.1) is 12.4 Å². The molecule has 0 radical (unpaired) electrons. The van der Waals surface area contributed by atoms with E-state index in [1.54, 1.807) is 0 Å². The van der Waals surface area contributed by atoms with Gasteiger partial charge in [-0.3, -0.25) is 0 Å². The third kappa shape index (κ3) is 4.15. The topological polar surface area (TPSA) is 86.7 Å². The molecule has 0 aliphatic carbocycles. The largest absolute Gasteiger partial charge is 0.504 e. The molecule has 0 spiro atoms. The lowest BCUT2D eigenvalue weighted by atomic mass is 10.0. The van der Waals surface area contributed by atoms with Crippen molar-refractivity contribution in [2.75, 3.05) is 0 Å². The van der Waals surface area contributed by atoms with Crippen molar-refractivity contribution in [3.8, 4) is 17.2 Å². The van der Waals surface area contributed by atoms with Crippen LogP contribution in [0.1, 0.15) is 24.4 Å². The van der Waals surface area contributed by atoms with E-state index in [-0.39, 0.29) is 18.0 Å². The third-order valence-electron chi connectivity index (χ3n) is 2.30. The molecule has 0 aliphatic rings. The molecule has 0 saturated heterocycles. The maximum Gasteiger partial charge on any atom is 0.389 e. The van der Waals surface area contributed by atoms with E-state index in [2.05, 4.69) is 0 Å². The molecule has 0 heterocycles. The molecule has 4 nitrogen and oxygen atoms in total. The monoisotopic (exact) mass is 287 g/mol. The SMILES string of the molecule is Cl.N[C@H](CCC(F)(F)F)c1ccc(O)c(O)c1O. The van der Waals surface area contributed by atoms with Crippen molar-refractivity contribution < 1.29 is 28.5 Å². The third-order valence-corrected chi connectivity index (χ3v) is 2.30. The minimum Gasteiger partial charge on any atom is -0.504 e. The molecule has 1 atom stereocenters. The van der Waals surface area contributed by atoms with Gasteiger partial charge in [0.25, 0.3) is 0 Å². The summed E-state index contributed by atoms with van der Waals surface area (Å²) in [5, 5.41) is 27.6. The minimum absolute atomic E-state index is 0. The van der Waals surface area contributed by atoms with E-state index in [0.29, 0.717) is 0 Å². The predicted octanol–water partition coefficient (Wildman–Crippen LogP) is 2.57. The first-order valence-electron chi connectivity index (χ1n) is 4.78. The lowest BCUT2D eigenvalue weighted by Crippen LogP contribution is -2.15. The van der Waals surface area contributed by atoms with Crippen molar-refractivity contribution in [3.63, 3.8) is 0 Å². The molecule has 0 bridgehead atoms. The molecular weight excluding hydrogens is 275 g/mol. The highest BCUT2D eigenvalue weighted by Gasteiger charge is 2.28. The van der Waals surface area contributed by atoms with Gasteiger partial charge in [-0.2, -0.15) is 13.2 Å². The zero-order valence-electron chi connectivity index (χ0n) is 9.11. The number of hydrogen-bond acceptors (Lipinski definition) is 4. The molecule has 8 heteroatoms. The molecule has 0 fully saturated rings. The summed E-state index contributed by atoms with van der Waals surface area (Å²) in [5.74, 6) is -2.04. The van der Waals surface area contributed by atoms with Crippen molar-refractivity contribution in [3.05, 3.63) is 17.7 Å². The van der Waals surface area contributed by atoms with E-state index in [0.717, 1.165) is 6.07 Å². The Morgan fingerprint density at radius 3 is 2.17 bits per heavy atom. The van der Waals surface area contributed by atoms with Crippen molar-refractivity contribution in [2.24, 2.45) is 5.73 Å². The van der Waals surface area contributed by atoms with Crippen LogP contribution >= 0.6 is 12.4 Å². The highest BCUT2D eigenvalue weighted by atomic mass is 35.5. The molecule has 1 aromatic carbocycles. The van der Waals surface area contributed by atoms with Crippen LogP contribution < -0.4 is 5.73 Å². The first-order chi connectivity index (χ1) is 7.72. The molecule has 18 heavy (non-hydrogen) atoms. The molecule has 1 aromatic rings. The van der Waals surface area contributed by atoms with Crippen molar-refractivity contribution >= 4 is 12.4 Å². The number of phenolic OH excluding ortho intramolecular Hbond substituents is 3. The fourth-order valence-corrected chi connectivity index (χ4v) is 1.36. The molecular formula is C10H13ClF3NO3. The number of rotatable bonds is 3. The number of aromatic hydroxyl groups is 3. The Morgan fingerprint density at radius 2 is 1.67 bits per heavy atom. The summed E-state index contributed by atoms with van der Waals surface area (Å²) in [6, 6.07) is 1.16. The maximum atomic E-state index is 12.0. The Balaban J connectivity index is 0.00000289. The molecule has 0 saturated carbocycles. The van der Waals surface area contributed by atoms with E-state index in [1.807, 2.05) is 0 Å². The van der Waals surface area contributed by atoms with Gasteiger partial charge in [0.05, 0.1) is 0 Å². The first kappa shape index (κ1) is 16.7. The number of alkyl halides is 3. The second-order valence-electron chi connectivity index (χ2n) is 3.63. The van der Waals surface area contributed by atoms with Gasteiger partial charge in [-0.05, 0) is 18.6 Å². The van der Waals surface area contributed by atoms with Crippen LogP contribution in [-0.2, 0) is 0 Å². The van der Waals surface area contributed by atoms with E-state index in [4.69, 9.17) is 10.8 Å². The normalized spacial score (nSPS) is 12.9. The molecule has 0 amide bonds. The summed E-state index contributed by atoms with van der Waals surface area (Å²) < 4.78 is 35.9. The van der Waals surface area contributed by atoms with Gasteiger partial charge in [0.1, 0.15) is 0 Å². The van der Waals surface area contributed by atoms with Crippen molar-refractivity contribution in [1.82, 2.24) is 0 Å². The fourth-order valence-electron chi connectivity index (χ4n) is 1.36. The average Bonchev–Trinajstić information content (AvgIpc) is 2.22. The molecule has 0 aromatic heterocycles. The highest BCUT2D eigenvalue weighted by Crippen LogP contribution is 2.40. The number of halogens is 4. The second-order valence-corrected chi connectivity index (χ2v) is 3.63. The summed E-state index contributed by atoms with van der Waals surface area (Å²) >= 11 is 0. The predicted molar refractivity (Wildman–Crippen MR) is 60.9 cm³/mol.